The number of hydrogen-bond acceptors (Lipinski definition) is 3. The Bertz CT molecular complexity index is 1350. The van der Waals surface area contributed by atoms with Crippen molar-refractivity contribution in [2.24, 2.45) is 0 Å². The summed E-state index contributed by atoms with van der Waals surface area (Å²) in [5.74, 6) is -1.40. The molecule has 1 heterocycles. The number of aryl methyl sites for hydroxylation is 4. The number of urea groups is 1. The molecule has 1 aliphatic heterocycles. The number of nitrogens with one attached hydrogen (secondary N) is 1. The van der Waals surface area contributed by atoms with E-state index in [4.69, 9.17) is 11.6 Å². The lowest BCUT2D eigenvalue weighted by Crippen LogP contribution is -2.54. The third kappa shape index (κ3) is 4.80. The summed E-state index contributed by atoms with van der Waals surface area (Å²) in [5.41, 5.74) is 7.17. The Labute approximate surface area is 204 Å². The fourth-order valence-electron chi connectivity index (χ4n) is 4.29. The summed E-state index contributed by atoms with van der Waals surface area (Å²) in [6.07, 6.45) is 2.14. The molecule has 0 unspecified atom stereocenters. The molecule has 0 radical (unpaired) electrons. The van der Waals surface area contributed by atoms with Crippen molar-refractivity contribution < 1.29 is 14.4 Å². The van der Waals surface area contributed by atoms with Gasteiger partial charge in [0.25, 0.3) is 11.8 Å². The number of benzene rings is 3. The van der Waals surface area contributed by atoms with Crippen molar-refractivity contribution in [3.05, 3.63) is 104 Å². The van der Waals surface area contributed by atoms with E-state index in [9.17, 15) is 14.4 Å². The highest BCUT2D eigenvalue weighted by atomic mass is 35.5. The van der Waals surface area contributed by atoms with Crippen molar-refractivity contribution in [1.29, 1.82) is 0 Å². The highest BCUT2D eigenvalue weighted by molar-refractivity contribution is 6.39. The minimum Gasteiger partial charge on any atom is -0.273 e. The molecule has 4 rings (SSSR count). The maximum absolute atomic E-state index is 13.2. The van der Waals surface area contributed by atoms with Crippen LogP contribution in [0.3, 0.4) is 0 Å². The van der Waals surface area contributed by atoms with Gasteiger partial charge in [0.2, 0.25) is 0 Å². The van der Waals surface area contributed by atoms with Gasteiger partial charge in [-0.2, -0.15) is 0 Å². The van der Waals surface area contributed by atoms with Crippen molar-refractivity contribution in [2.75, 3.05) is 4.90 Å². The second kappa shape index (κ2) is 9.27. The van der Waals surface area contributed by atoms with Crippen LogP contribution >= 0.6 is 11.6 Å². The number of carbonyl (C=O) groups excluding carboxylic acids is 3. The molecule has 1 saturated heterocycles. The van der Waals surface area contributed by atoms with Crippen LogP contribution in [0.1, 0.15) is 38.9 Å². The van der Waals surface area contributed by atoms with E-state index in [-0.39, 0.29) is 5.57 Å². The molecule has 0 saturated carbocycles. The smallest absolute Gasteiger partial charge is 0.273 e. The van der Waals surface area contributed by atoms with E-state index in [1.807, 2.05) is 38.1 Å². The molecular weight excluding hydrogens is 448 g/mol. The average Bonchev–Trinajstić information content (AvgIpc) is 2.73. The van der Waals surface area contributed by atoms with Crippen LogP contribution in [0.15, 0.2) is 60.2 Å². The number of halogens is 1. The summed E-state index contributed by atoms with van der Waals surface area (Å²) >= 11 is 6.55. The van der Waals surface area contributed by atoms with Gasteiger partial charge in [-0.15, -0.1) is 0 Å². The fraction of sp³-hybridized carbons (Fsp3) is 0.179. The molecule has 0 spiro atoms. The molecule has 1 N–H and O–H groups in total. The molecule has 0 bridgehead atoms. The number of barbiturate groups is 1. The molecule has 5 nitrogen and oxygen atoms in total. The van der Waals surface area contributed by atoms with Crippen LogP contribution in [0, 0.1) is 27.7 Å². The van der Waals surface area contributed by atoms with E-state index in [0.717, 1.165) is 27.2 Å². The Hall–Kier alpha value is -3.70. The van der Waals surface area contributed by atoms with E-state index in [0.29, 0.717) is 22.7 Å². The summed E-state index contributed by atoms with van der Waals surface area (Å²) in [6, 6.07) is 16.4. The monoisotopic (exact) mass is 472 g/mol. The molecule has 3 aromatic carbocycles. The first-order valence-corrected chi connectivity index (χ1v) is 11.3. The maximum Gasteiger partial charge on any atom is 0.335 e. The third-order valence-electron chi connectivity index (χ3n) is 5.76. The Morgan fingerprint density at radius 1 is 0.853 bits per heavy atom. The van der Waals surface area contributed by atoms with Crippen LogP contribution in [0.25, 0.3) is 6.08 Å². The number of hydrogen-bond donors (Lipinski definition) is 1. The van der Waals surface area contributed by atoms with E-state index < -0.39 is 17.8 Å². The highest BCUT2D eigenvalue weighted by Crippen LogP contribution is 2.27. The van der Waals surface area contributed by atoms with Gasteiger partial charge in [-0.1, -0.05) is 70.8 Å². The minimum absolute atomic E-state index is 0.127. The number of nitrogens with zero attached hydrogens (tertiary/aromatic N) is 1. The number of rotatable bonds is 4. The first kappa shape index (κ1) is 23.5. The first-order valence-electron chi connectivity index (χ1n) is 11.0. The highest BCUT2D eigenvalue weighted by Gasteiger charge is 2.37. The zero-order valence-electron chi connectivity index (χ0n) is 19.5. The minimum atomic E-state index is -0.763. The second-order valence-corrected chi connectivity index (χ2v) is 9.18. The summed E-state index contributed by atoms with van der Waals surface area (Å²) in [7, 11) is 0. The lowest BCUT2D eigenvalue weighted by Gasteiger charge is -2.27. The van der Waals surface area contributed by atoms with Gasteiger partial charge in [-0.05, 0) is 74.6 Å². The normalized spacial score (nSPS) is 15.1. The standard InChI is InChI=1S/C28H25ClN2O3/c1-16-5-8-25(19(4)10-16)31-27(33)23(26(32)30-28(31)34)14-20-6-7-22(24(29)15-20)13-21-11-17(2)9-18(3)12-21/h5-12,14-15H,13H2,1-4H3,(H,30,32,34)/b23-14+. The second-order valence-electron chi connectivity index (χ2n) is 8.77. The molecular formula is C28H25ClN2O3. The lowest BCUT2D eigenvalue weighted by molar-refractivity contribution is -0.122. The first-order chi connectivity index (χ1) is 16.1. The maximum atomic E-state index is 13.2. The SMILES string of the molecule is Cc1cc(C)cc(Cc2ccc(/C=C3\C(=O)NC(=O)N(c4ccc(C)cc4C)C3=O)cc2Cl)c1. The number of amides is 4. The van der Waals surface area contributed by atoms with Gasteiger partial charge in [0, 0.05) is 5.02 Å². The van der Waals surface area contributed by atoms with Crippen LogP contribution in [0.2, 0.25) is 5.02 Å². The molecule has 172 valence electrons. The van der Waals surface area contributed by atoms with Crippen LogP contribution in [0.5, 0.6) is 0 Å². The quantitative estimate of drug-likeness (QED) is 0.383. The number of carbonyl (C=O) groups is 3. The van der Waals surface area contributed by atoms with Gasteiger partial charge in [0.05, 0.1) is 5.69 Å². The molecule has 1 fully saturated rings. The van der Waals surface area contributed by atoms with Gasteiger partial charge >= 0.3 is 6.03 Å². The summed E-state index contributed by atoms with van der Waals surface area (Å²) in [4.78, 5) is 39.2. The number of anilines is 1. The van der Waals surface area contributed by atoms with Crippen molar-refractivity contribution in [3.63, 3.8) is 0 Å². The molecule has 0 aliphatic carbocycles. The summed E-state index contributed by atoms with van der Waals surface area (Å²) < 4.78 is 0. The molecule has 4 amide bonds. The van der Waals surface area contributed by atoms with Gasteiger partial charge in [0.1, 0.15) is 5.57 Å². The zero-order chi connectivity index (χ0) is 24.6. The fourth-order valence-corrected chi connectivity index (χ4v) is 4.54. The topological polar surface area (TPSA) is 66.5 Å². The summed E-state index contributed by atoms with van der Waals surface area (Å²) in [6.45, 7) is 7.87. The molecule has 1 aliphatic rings. The molecule has 0 atom stereocenters. The molecule has 0 aromatic heterocycles. The van der Waals surface area contributed by atoms with E-state index in [1.54, 1.807) is 12.1 Å². The predicted octanol–water partition coefficient (Wildman–Crippen LogP) is 5.83. The summed E-state index contributed by atoms with van der Waals surface area (Å²) in [5, 5.41) is 2.81. The largest absolute Gasteiger partial charge is 0.335 e. The third-order valence-corrected chi connectivity index (χ3v) is 6.11. The van der Waals surface area contributed by atoms with Gasteiger partial charge in [-0.25, -0.2) is 9.69 Å². The van der Waals surface area contributed by atoms with Gasteiger partial charge < -0.3 is 0 Å². The van der Waals surface area contributed by atoms with Crippen LogP contribution < -0.4 is 10.2 Å². The van der Waals surface area contributed by atoms with E-state index >= 15 is 0 Å². The average molecular weight is 473 g/mol. The van der Waals surface area contributed by atoms with Crippen LogP contribution in [-0.4, -0.2) is 17.8 Å². The van der Waals surface area contributed by atoms with Crippen molar-refractivity contribution in [1.82, 2.24) is 5.32 Å². The van der Waals surface area contributed by atoms with Gasteiger partial charge in [-0.3, -0.25) is 14.9 Å². The Morgan fingerprint density at radius 2 is 1.56 bits per heavy atom. The Kier molecular flexibility index (Phi) is 6.40. The van der Waals surface area contributed by atoms with Gasteiger partial charge in [0.15, 0.2) is 0 Å². The lowest BCUT2D eigenvalue weighted by atomic mass is 9.99. The molecule has 6 heteroatoms. The molecule has 34 heavy (non-hydrogen) atoms. The predicted molar refractivity (Wildman–Crippen MR) is 135 cm³/mol. The Balaban J connectivity index is 1.64. The number of imide groups is 2. The van der Waals surface area contributed by atoms with Crippen molar-refractivity contribution in [3.8, 4) is 0 Å². The van der Waals surface area contributed by atoms with Crippen molar-refractivity contribution in [2.45, 2.75) is 34.1 Å². The van der Waals surface area contributed by atoms with Crippen molar-refractivity contribution >= 4 is 41.2 Å². The Morgan fingerprint density at radius 3 is 2.21 bits per heavy atom. The molecule has 3 aromatic rings. The van der Waals surface area contributed by atoms with E-state index in [2.05, 4.69) is 37.4 Å². The zero-order valence-corrected chi connectivity index (χ0v) is 20.3. The van der Waals surface area contributed by atoms with E-state index in [1.165, 1.54) is 17.2 Å². The van der Waals surface area contributed by atoms with Crippen LogP contribution in [0.4, 0.5) is 10.5 Å². The van der Waals surface area contributed by atoms with Crippen LogP contribution in [-0.2, 0) is 16.0 Å².